The van der Waals surface area contributed by atoms with Gasteiger partial charge in [-0.15, -0.1) is 0 Å². The van der Waals surface area contributed by atoms with Crippen LogP contribution in [0.5, 0.6) is 0 Å². The lowest BCUT2D eigenvalue weighted by Crippen LogP contribution is -2.40. The molecule has 0 saturated carbocycles. The second-order valence-electron chi connectivity index (χ2n) is 8.85. The molecule has 0 atom stereocenters. The highest BCUT2D eigenvalue weighted by Gasteiger charge is 2.26. The zero-order valence-electron chi connectivity index (χ0n) is 19.1. The summed E-state index contributed by atoms with van der Waals surface area (Å²) in [6.45, 7) is 3.92. The first-order valence-electron chi connectivity index (χ1n) is 11.5. The number of aryl methyl sites for hydroxylation is 1. The van der Waals surface area contributed by atoms with Crippen LogP contribution in [0.25, 0.3) is 44.1 Å². The van der Waals surface area contributed by atoms with Crippen molar-refractivity contribution < 1.29 is 18.9 Å². The van der Waals surface area contributed by atoms with Crippen molar-refractivity contribution in [3.8, 4) is 11.3 Å². The van der Waals surface area contributed by atoms with Crippen molar-refractivity contribution in [3.05, 3.63) is 65.9 Å². The molecule has 0 bridgehead atoms. The maximum absolute atomic E-state index is 13.0. The molecular weight excluding hydrogens is 428 g/mol. The van der Waals surface area contributed by atoms with Gasteiger partial charge in [-0.25, -0.2) is 0 Å². The number of aromatic amines is 2. The molecule has 0 aliphatic carbocycles. The molecule has 1 fully saturated rings. The number of nitrogens with one attached hydrogen (secondary N) is 2. The second kappa shape index (κ2) is 7.81. The summed E-state index contributed by atoms with van der Waals surface area (Å²) in [4.78, 5) is 34.2. The van der Waals surface area contributed by atoms with E-state index in [9.17, 15) is 9.59 Å². The van der Waals surface area contributed by atoms with Gasteiger partial charge in [0.1, 0.15) is 12.6 Å². The van der Waals surface area contributed by atoms with Crippen molar-refractivity contribution in [1.29, 1.82) is 0 Å². The van der Waals surface area contributed by atoms with E-state index in [2.05, 4.69) is 32.7 Å². The molecule has 4 heterocycles. The van der Waals surface area contributed by atoms with Crippen LogP contribution in [-0.2, 0) is 11.8 Å². The Hall–Kier alpha value is -3.97. The summed E-state index contributed by atoms with van der Waals surface area (Å²) in [5, 5.41) is 2.09. The van der Waals surface area contributed by atoms with Crippen LogP contribution in [0.4, 0.5) is 0 Å². The van der Waals surface area contributed by atoms with Crippen LogP contribution < -0.4 is 4.57 Å². The third-order valence-electron chi connectivity index (χ3n) is 6.79. The SMILES string of the molecule is CC(=O)c1cc(-c2ccc3[nH]ccc3c2)[n+](C)c2c1[nH]c1cc(C(=O)N3CCOCC3)ccc12. The number of ether oxygens (including phenoxy) is 1. The molecule has 1 amide bonds. The van der Waals surface area contributed by atoms with Gasteiger partial charge in [-0.05, 0) is 49.4 Å². The Morgan fingerprint density at radius 3 is 2.62 bits per heavy atom. The topological polar surface area (TPSA) is 82.1 Å². The molecule has 170 valence electrons. The first kappa shape index (κ1) is 20.6. The average Bonchev–Trinajstić information content (AvgIpc) is 3.48. The Bertz CT molecular complexity index is 1610. The minimum absolute atomic E-state index is 0.000478. The molecule has 0 radical (unpaired) electrons. The number of ketones is 1. The Morgan fingerprint density at radius 2 is 1.82 bits per heavy atom. The average molecular weight is 454 g/mol. The van der Waals surface area contributed by atoms with Crippen molar-refractivity contribution >= 4 is 44.5 Å². The molecule has 3 aromatic heterocycles. The smallest absolute Gasteiger partial charge is 0.254 e. The van der Waals surface area contributed by atoms with Crippen molar-refractivity contribution in [2.45, 2.75) is 6.92 Å². The predicted molar refractivity (Wildman–Crippen MR) is 131 cm³/mol. The number of rotatable bonds is 3. The Kier molecular flexibility index (Phi) is 4.74. The number of hydrogen-bond acceptors (Lipinski definition) is 3. The summed E-state index contributed by atoms with van der Waals surface area (Å²) < 4.78 is 7.50. The highest BCUT2D eigenvalue weighted by molar-refractivity contribution is 6.13. The lowest BCUT2D eigenvalue weighted by atomic mass is 10.0. The minimum atomic E-state index is -0.00857. The number of fused-ring (bicyclic) bond motifs is 4. The number of morpholine rings is 1. The van der Waals surface area contributed by atoms with Crippen LogP contribution in [0.2, 0.25) is 0 Å². The van der Waals surface area contributed by atoms with Crippen LogP contribution >= 0.6 is 0 Å². The van der Waals surface area contributed by atoms with Crippen molar-refractivity contribution in [2.75, 3.05) is 26.3 Å². The van der Waals surface area contributed by atoms with E-state index >= 15 is 0 Å². The van der Waals surface area contributed by atoms with Crippen molar-refractivity contribution in [1.82, 2.24) is 14.9 Å². The highest BCUT2D eigenvalue weighted by atomic mass is 16.5. The summed E-state index contributed by atoms with van der Waals surface area (Å²) in [6.07, 6.45) is 1.92. The second-order valence-corrected chi connectivity index (χ2v) is 8.85. The van der Waals surface area contributed by atoms with Crippen molar-refractivity contribution in [3.63, 3.8) is 0 Å². The van der Waals surface area contributed by atoms with E-state index in [1.807, 2.05) is 48.5 Å². The van der Waals surface area contributed by atoms with Gasteiger partial charge >= 0.3 is 0 Å². The Balaban J connectivity index is 1.54. The third kappa shape index (κ3) is 3.20. The standard InChI is InChI=1S/C27H24N4O3/c1-16(32)21-15-24(18-4-6-22-17(13-18)7-8-28-22)30(2)26-20-5-3-19(14-23(20)29-25(21)26)27(33)31-9-11-34-12-10-31/h3-8,13-15H,9-12H2,1-2H3,(H,28,29,33)/p+1. The maximum Gasteiger partial charge on any atom is 0.254 e. The van der Waals surface area contributed by atoms with E-state index in [1.54, 1.807) is 6.92 Å². The number of aromatic nitrogens is 3. The number of hydrogen-bond donors (Lipinski definition) is 2. The molecule has 0 unspecified atom stereocenters. The predicted octanol–water partition coefficient (Wildman–Crippen LogP) is 3.97. The summed E-state index contributed by atoms with van der Waals surface area (Å²) in [7, 11) is 2.02. The zero-order valence-corrected chi connectivity index (χ0v) is 19.1. The quantitative estimate of drug-likeness (QED) is 0.320. The van der Waals surface area contributed by atoms with Crippen LogP contribution in [0.3, 0.4) is 0 Å². The lowest BCUT2D eigenvalue weighted by Gasteiger charge is -2.26. The molecule has 2 aromatic carbocycles. The maximum atomic E-state index is 13.0. The van der Waals surface area contributed by atoms with E-state index in [1.165, 1.54) is 0 Å². The number of pyridine rings is 1. The van der Waals surface area contributed by atoms with E-state index in [0.717, 1.165) is 44.1 Å². The minimum Gasteiger partial charge on any atom is -0.378 e. The van der Waals surface area contributed by atoms with Crippen LogP contribution in [-0.4, -0.2) is 52.9 Å². The van der Waals surface area contributed by atoms with Gasteiger partial charge < -0.3 is 19.6 Å². The van der Waals surface area contributed by atoms with Crippen LogP contribution in [0, 0.1) is 0 Å². The van der Waals surface area contributed by atoms with Gasteiger partial charge in [0.25, 0.3) is 5.91 Å². The molecule has 7 nitrogen and oxygen atoms in total. The van der Waals surface area contributed by atoms with Gasteiger partial charge in [-0.3, -0.25) is 9.59 Å². The van der Waals surface area contributed by atoms with Gasteiger partial charge in [0.15, 0.2) is 5.78 Å². The molecule has 34 heavy (non-hydrogen) atoms. The van der Waals surface area contributed by atoms with E-state index in [0.29, 0.717) is 37.4 Å². The number of benzene rings is 2. The van der Waals surface area contributed by atoms with Gasteiger partial charge in [-0.1, -0.05) is 0 Å². The first-order valence-corrected chi connectivity index (χ1v) is 11.5. The lowest BCUT2D eigenvalue weighted by molar-refractivity contribution is -0.632. The number of H-pyrrole nitrogens is 2. The molecule has 0 spiro atoms. The van der Waals surface area contributed by atoms with E-state index in [-0.39, 0.29) is 11.7 Å². The molecule has 5 aromatic rings. The molecule has 7 heteroatoms. The first-order chi connectivity index (χ1) is 16.5. The van der Waals surface area contributed by atoms with E-state index < -0.39 is 0 Å². The Labute approximate surface area is 195 Å². The Morgan fingerprint density at radius 1 is 1.00 bits per heavy atom. The molecular formula is C27H25N4O3+. The fourth-order valence-electron chi connectivity index (χ4n) is 5.00. The number of amides is 1. The molecule has 1 aliphatic rings. The molecule has 1 aliphatic heterocycles. The van der Waals surface area contributed by atoms with Gasteiger partial charge in [0.2, 0.25) is 11.2 Å². The van der Waals surface area contributed by atoms with E-state index in [4.69, 9.17) is 4.74 Å². The monoisotopic (exact) mass is 453 g/mol. The zero-order chi connectivity index (χ0) is 23.4. The van der Waals surface area contributed by atoms with Crippen LogP contribution in [0.15, 0.2) is 54.7 Å². The van der Waals surface area contributed by atoms with Crippen molar-refractivity contribution in [2.24, 2.45) is 7.05 Å². The molecule has 2 N–H and O–H groups in total. The normalized spacial score (nSPS) is 14.4. The fourth-order valence-corrected chi connectivity index (χ4v) is 5.00. The highest BCUT2D eigenvalue weighted by Crippen LogP contribution is 2.31. The summed E-state index contributed by atoms with van der Waals surface area (Å²) >= 11 is 0. The summed E-state index contributed by atoms with van der Waals surface area (Å²) in [5.74, 6) is -0.00809. The number of carbonyl (C=O) groups is 2. The van der Waals surface area contributed by atoms with Gasteiger partial charge in [0, 0.05) is 47.4 Å². The largest absolute Gasteiger partial charge is 0.378 e. The van der Waals surface area contributed by atoms with Crippen LogP contribution in [0.1, 0.15) is 27.6 Å². The number of nitrogens with zero attached hydrogens (tertiary/aromatic N) is 2. The van der Waals surface area contributed by atoms with Gasteiger partial charge in [-0.2, -0.15) is 4.57 Å². The molecule has 6 rings (SSSR count). The molecule has 1 saturated heterocycles. The number of carbonyl (C=O) groups excluding carboxylic acids is 2. The third-order valence-corrected chi connectivity index (χ3v) is 6.79. The summed E-state index contributed by atoms with van der Waals surface area (Å²) in [5.41, 5.74) is 6.89. The van der Waals surface area contributed by atoms with Gasteiger partial charge in [0.05, 0.1) is 29.7 Å². The fraction of sp³-hybridized carbons (Fsp3) is 0.222. The number of Topliss-reactive ketones (excluding diaryl/α,β-unsaturated/α-hetero) is 1. The summed E-state index contributed by atoms with van der Waals surface area (Å²) in [6, 6.07) is 16.0.